The molecule has 3 nitrogen and oxygen atoms in total. The summed E-state index contributed by atoms with van der Waals surface area (Å²) >= 11 is 0. The maximum Gasteiger partial charge on any atom is 0.432 e. The van der Waals surface area contributed by atoms with Crippen molar-refractivity contribution in [2.45, 2.75) is 52.8 Å². The number of rotatable bonds is 3. The lowest BCUT2D eigenvalue weighted by atomic mass is 9.84. The Balaban J connectivity index is 3.22. The van der Waals surface area contributed by atoms with E-state index in [0.717, 1.165) is 11.1 Å². The first kappa shape index (κ1) is 14.9. The Bertz CT molecular complexity index is 451. The number of nitrogens with one attached hydrogen (secondary N) is 1. The minimum absolute atomic E-state index is 0.272. The molecule has 0 amide bonds. The molecule has 1 aromatic heterocycles. The van der Waals surface area contributed by atoms with Gasteiger partial charge in [-0.25, -0.2) is 4.68 Å². The zero-order chi connectivity index (χ0) is 14.1. The van der Waals surface area contributed by atoms with Crippen molar-refractivity contribution in [2.24, 2.45) is 5.41 Å². The van der Waals surface area contributed by atoms with Crippen LogP contribution < -0.4 is 5.56 Å². The summed E-state index contributed by atoms with van der Waals surface area (Å²) < 4.78 is 38.7. The van der Waals surface area contributed by atoms with Gasteiger partial charge < -0.3 is 0 Å². The van der Waals surface area contributed by atoms with Crippen molar-refractivity contribution in [1.29, 1.82) is 0 Å². The van der Waals surface area contributed by atoms with Crippen LogP contribution in [0, 0.1) is 5.41 Å². The van der Waals surface area contributed by atoms with Gasteiger partial charge in [0, 0.05) is 6.07 Å². The molecule has 0 spiro atoms. The SMILES string of the molecule is CCCC(n1[nH]c(C(F)(F)F)cc1=O)C(C)(C)C. The average Bonchev–Trinajstić information content (AvgIpc) is 2.54. The molecule has 104 valence electrons. The minimum atomic E-state index is -4.51. The van der Waals surface area contributed by atoms with Gasteiger partial charge in [0.15, 0.2) is 0 Å². The van der Waals surface area contributed by atoms with Crippen molar-refractivity contribution in [3.63, 3.8) is 0 Å². The Hall–Kier alpha value is -1.20. The summed E-state index contributed by atoms with van der Waals surface area (Å²) in [5.41, 5.74) is -1.90. The smallest absolute Gasteiger partial charge is 0.291 e. The largest absolute Gasteiger partial charge is 0.432 e. The number of H-pyrrole nitrogens is 1. The van der Waals surface area contributed by atoms with E-state index in [1.807, 2.05) is 27.7 Å². The molecule has 0 aromatic carbocycles. The molecule has 18 heavy (non-hydrogen) atoms. The lowest BCUT2D eigenvalue weighted by molar-refractivity contribution is -0.141. The third-order valence-corrected chi connectivity index (χ3v) is 2.93. The van der Waals surface area contributed by atoms with Crippen LogP contribution in [0.15, 0.2) is 10.9 Å². The van der Waals surface area contributed by atoms with E-state index in [2.05, 4.69) is 5.10 Å². The van der Waals surface area contributed by atoms with Crippen LogP contribution in [0.3, 0.4) is 0 Å². The van der Waals surface area contributed by atoms with Crippen molar-refractivity contribution in [1.82, 2.24) is 9.78 Å². The molecule has 1 heterocycles. The molecule has 0 aliphatic rings. The highest BCUT2D eigenvalue weighted by atomic mass is 19.4. The molecule has 0 radical (unpaired) electrons. The quantitative estimate of drug-likeness (QED) is 0.890. The van der Waals surface area contributed by atoms with E-state index in [1.165, 1.54) is 0 Å². The van der Waals surface area contributed by atoms with E-state index in [-0.39, 0.29) is 11.5 Å². The molecule has 1 atom stereocenters. The van der Waals surface area contributed by atoms with Gasteiger partial charge in [0.05, 0.1) is 6.04 Å². The van der Waals surface area contributed by atoms with Crippen molar-refractivity contribution < 1.29 is 13.2 Å². The molecule has 0 fully saturated rings. The van der Waals surface area contributed by atoms with Gasteiger partial charge in [-0.15, -0.1) is 0 Å². The van der Waals surface area contributed by atoms with E-state index < -0.39 is 17.4 Å². The summed E-state index contributed by atoms with van der Waals surface area (Å²) in [7, 11) is 0. The third-order valence-electron chi connectivity index (χ3n) is 2.93. The minimum Gasteiger partial charge on any atom is -0.291 e. The fourth-order valence-corrected chi connectivity index (χ4v) is 2.01. The van der Waals surface area contributed by atoms with Crippen LogP contribution in [-0.2, 0) is 6.18 Å². The highest BCUT2D eigenvalue weighted by Crippen LogP contribution is 2.34. The van der Waals surface area contributed by atoms with Gasteiger partial charge in [0.25, 0.3) is 5.56 Å². The second-order valence-electron chi connectivity index (χ2n) is 5.55. The average molecular weight is 264 g/mol. The van der Waals surface area contributed by atoms with Gasteiger partial charge in [0.2, 0.25) is 0 Å². The summed E-state index contributed by atoms with van der Waals surface area (Å²) in [6.07, 6.45) is -3.06. The zero-order valence-corrected chi connectivity index (χ0v) is 11.1. The van der Waals surface area contributed by atoms with E-state index in [1.54, 1.807) is 0 Å². The van der Waals surface area contributed by atoms with E-state index in [4.69, 9.17) is 0 Å². The summed E-state index contributed by atoms with van der Waals surface area (Å²) in [6, 6.07) is 0.347. The highest BCUT2D eigenvalue weighted by Gasteiger charge is 2.35. The Morgan fingerprint density at radius 3 is 2.22 bits per heavy atom. The number of halogens is 3. The Morgan fingerprint density at radius 1 is 1.33 bits per heavy atom. The maximum absolute atomic E-state index is 12.5. The van der Waals surface area contributed by atoms with Gasteiger partial charge in [-0.2, -0.15) is 13.2 Å². The van der Waals surface area contributed by atoms with Gasteiger partial charge in [-0.1, -0.05) is 34.1 Å². The molecule has 0 bridgehead atoms. The molecule has 1 N–H and O–H groups in total. The summed E-state index contributed by atoms with van der Waals surface area (Å²) in [5, 5.41) is 2.19. The van der Waals surface area contributed by atoms with Crippen LogP contribution in [0.4, 0.5) is 13.2 Å². The van der Waals surface area contributed by atoms with Gasteiger partial charge in [-0.3, -0.25) is 9.89 Å². The Labute approximate surface area is 104 Å². The first-order valence-corrected chi connectivity index (χ1v) is 5.96. The Morgan fingerprint density at radius 2 is 1.89 bits per heavy atom. The monoisotopic (exact) mass is 264 g/mol. The molecule has 0 saturated heterocycles. The van der Waals surface area contributed by atoms with Crippen molar-refractivity contribution in [2.75, 3.05) is 0 Å². The molecular weight excluding hydrogens is 245 g/mol. The lowest BCUT2D eigenvalue weighted by Gasteiger charge is -2.30. The first-order chi connectivity index (χ1) is 8.07. The third kappa shape index (κ3) is 3.17. The molecule has 1 rings (SSSR count). The number of aromatic amines is 1. The van der Waals surface area contributed by atoms with Gasteiger partial charge in [-0.05, 0) is 11.8 Å². The van der Waals surface area contributed by atoms with Crippen molar-refractivity contribution in [3.05, 3.63) is 22.1 Å². The lowest BCUT2D eigenvalue weighted by Crippen LogP contribution is -2.31. The molecule has 1 unspecified atom stereocenters. The Kier molecular flexibility index (Phi) is 3.98. The number of hydrogen-bond acceptors (Lipinski definition) is 1. The van der Waals surface area contributed by atoms with E-state index in [0.29, 0.717) is 12.5 Å². The second-order valence-corrected chi connectivity index (χ2v) is 5.55. The summed E-state index contributed by atoms with van der Waals surface area (Å²) in [5.74, 6) is 0. The molecule has 6 heteroatoms. The molecule has 0 aliphatic carbocycles. The molecule has 1 aromatic rings. The van der Waals surface area contributed by atoms with E-state index in [9.17, 15) is 18.0 Å². The maximum atomic E-state index is 12.5. The highest BCUT2D eigenvalue weighted by molar-refractivity contribution is 5.05. The van der Waals surface area contributed by atoms with Crippen LogP contribution in [-0.4, -0.2) is 9.78 Å². The predicted octanol–water partition coefficient (Wildman–Crippen LogP) is 3.58. The molecular formula is C12H19F3N2O. The number of hydrogen-bond donors (Lipinski definition) is 1. The molecule has 0 aliphatic heterocycles. The standard InChI is InChI=1S/C12H19F3N2O/c1-5-6-9(11(2,3)4)17-10(18)7-8(16-17)12(13,14)15/h7,9,16H,5-6H2,1-4H3. The predicted molar refractivity (Wildman–Crippen MR) is 63.5 cm³/mol. The van der Waals surface area contributed by atoms with E-state index >= 15 is 0 Å². The number of nitrogens with zero attached hydrogens (tertiary/aromatic N) is 1. The first-order valence-electron chi connectivity index (χ1n) is 5.96. The molecule has 0 saturated carbocycles. The summed E-state index contributed by atoms with van der Waals surface area (Å²) in [6.45, 7) is 7.67. The van der Waals surface area contributed by atoms with Crippen LogP contribution in [0.5, 0.6) is 0 Å². The van der Waals surface area contributed by atoms with Crippen LogP contribution >= 0.6 is 0 Å². The van der Waals surface area contributed by atoms with Gasteiger partial charge >= 0.3 is 6.18 Å². The topological polar surface area (TPSA) is 37.8 Å². The number of aromatic nitrogens is 2. The van der Waals surface area contributed by atoms with Crippen LogP contribution in [0.2, 0.25) is 0 Å². The van der Waals surface area contributed by atoms with Crippen LogP contribution in [0.1, 0.15) is 52.3 Å². The fourth-order valence-electron chi connectivity index (χ4n) is 2.01. The number of alkyl halides is 3. The summed E-state index contributed by atoms with van der Waals surface area (Å²) in [4.78, 5) is 11.7. The van der Waals surface area contributed by atoms with Crippen LogP contribution in [0.25, 0.3) is 0 Å². The zero-order valence-electron chi connectivity index (χ0n) is 11.1. The normalized spacial score (nSPS) is 14.8. The van der Waals surface area contributed by atoms with Crippen molar-refractivity contribution in [3.8, 4) is 0 Å². The van der Waals surface area contributed by atoms with Gasteiger partial charge in [0.1, 0.15) is 5.69 Å². The fraction of sp³-hybridized carbons (Fsp3) is 0.750. The second kappa shape index (κ2) is 4.82. The van der Waals surface area contributed by atoms with Crippen molar-refractivity contribution >= 4 is 0 Å².